The monoisotopic (exact) mass is 582 g/mol. The van der Waals surface area contributed by atoms with Crippen molar-refractivity contribution in [1.29, 1.82) is 0 Å². The van der Waals surface area contributed by atoms with Gasteiger partial charge in [-0.3, -0.25) is 14.7 Å². The number of aromatic nitrogens is 2. The van der Waals surface area contributed by atoms with Crippen LogP contribution in [0.15, 0.2) is 67.0 Å². The Morgan fingerprint density at radius 2 is 1.88 bits per heavy atom. The molecule has 0 radical (unpaired) electrons. The lowest BCUT2D eigenvalue weighted by molar-refractivity contribution is -0.121. The van der Waals surface area contributed by atoms with Crippen molar-refractivity contribution >= 4 is 11.8 Å². The predicted octanol–water partition coefficient (Wildman–Crippen LogP) is 4.84. The van der Waals surface area contributed by atoms with Crippen molar-refractivity contribution in [2.24, 2.45) is 0 Å². The summed E-state index contributed by atoms with van der Waals surface area (Å²) >= 11 is 0. The van der Waals surface area contributed by atoms with Crippen LogP contribution in [-0.2, 0) is 17.6 Å². The van der Waals surface area contributed by atoms with Gasteiger partial charge >= 0.3 is 0 Å². The number of fused-ring (bicyclic) bond motifs is 8. The van der Waals surface area contributed by atoms with E-state index in [-0.39, 0.29) is 11.8 Å². The van der Waals surface area contributed by atoms with Crippen LogP contribution < -0.4 is 24.3 Å². The second-order valence-electron chi connectivity index (χ2n) is 10.6. The summed E-state index contributed by atoms with van der Waals surface area (Å²) in [6.45, 7) is 1.37. The third-order valence-electron chi connectivity index (χ3n) is 7.83. The van der Waals surface area contributed by atoms with Gasteiger partial charge in [-0.2, -0.15) is 5.10 Å². The van der Waals surface area contributed by atoms with Crippen molar-refractivity contribution < 1.29 is 28.5 Å². The van der Waals surface area contributed by atoms with E-state index in [1.165, 1.54) is 6.20 Å². The Labute approximate surface area is 249 Å². The quantitative estimate of drug-likeness (QED) is 0.355. The zero-order chi connectivity index (χ0) is 29.8. The van der Waals surface area contributed by atoms with Crippen LogP contribution in [0, 0.1) is 0 Å². The zero-order valence-electron chi connectivity index (χ0n) is 24.2. The van der Waals surface area contributed by atoms with Crippen LogP contribution in [-0.4, -0.2) is 60.8 Å². The molecule has 10 nitrogen and oxygen atoms in total. The molecular formula is C33H34N4O6. The Bertz CT molecular complexity index is 1620. The maximum absolute atomic E-state index is 13.8. The van der Waals surface area contributed by atoms with Crippen LogP contribution in [0.4, 0.5) is 0 Å². The highest BCUT2D eigenvalue weighted by molar-refractivity contribution is 5.94. The third kappa shape index (κ3) is 5.99. The largest absolute Gasteiger partial charge is 0.493 e. The van der Waals surface area contributed by atoms with E-state index in [9.17, 15) is 9.59 Å². The Balaban J connectivity index is 1.47. The standard InChI is InChI=1S/C33H34N4O6/c1-40-27-9-8-23-17-29(27)42-14-4-12-34-31(38)10-7-21-5-3-6-25(15-21)43-30-16-22-11-13-37(33(39)24-19-35-36-20-24)32(23)26(22)18-28(30)41-2/h3,5-6,8-9,15-20,32H,4,7,10-14H2,1-2H3,(H,34,38)(H,35,36). The van der Waals surface area contributed by atoms with E-state index < -0.39 is 6.04 Å². The molecule has 222 valence electrons. The molecule has 3 aromatic carbocycles. The number of aromatic amines is 1. The molecule has 10 heteroatoms. The molecule has 3 aliphatic heterocycles. The number of ether oxygens (including phenoxy) is 4. The fourth-order valence-corrected chi connectivity index (χ4v) is 5.67. The molecule has 2 amide bonds. The second-order valence-corrected chi connectivity index (χ2v) is 10.6. The molecule has 0 saturated heterocycles. The van der Waals surface area contributed by atoms with E-state index >= 15 is 0 Å². The first kappa shape index (κ1) is 28.1. The van der Waals surface area contributed by atoms with Crippen LogP contribution in [0.2, 0.25) is 0 Å². The van der Waals surface area contributed by atoms with Gasteiger partial charge in [-0.15, -0.1) is 0 Å². The molecule has 1 aromatic heterocycles. The fourth-order valence-electron chi connectivity index (χ4n) is 5.67. The van der Waals surface area contributed by atoms with E-state index in [4.69, 9.17) is 18.9 Å². The van der Waals surface area contributed by atoms with Crippen molar-refractivity contribution in [1.82, 2.24) is 20.4 Å². The molecule has 8 bridgehead atoms. The normalized spacial score (nSPS) is 16.8. The molecule has 1 atom stereocenters. The first-order chi connectivity index (χ1) is 21.0. The zero-order valence-corrected chi connectivity index (χ0v) is 24.2. The van der Waals surface area contributed by atoms with Crippen molar-refractivity contribution in [3.63, 3.8) is 0 Å². The number of methoxy groups -OCH3 is 2. The molecule has 0 aliphatic carbocycles. The molecular weight excluding hydrogens is 548 g/mol. The summed E-state index contributed by atoms with van der Waals surface area (Å²) in [5.74, 6) is 2.78. The number of nitrogens with one attached hydrogen (secondary N) is 2. The number of amides is 2. The molecule has 2 N–H and O–H groups in total. The third-order valence-corrected chi connectivity index (χ3v) is 7.83. The van der Waals surface area contributed by atoms with Crippen LogP contribution in [0.25, 0.3) is 0 Å². The van der Waals surface area contributed by atoms with Gasteiger partial charge < -0.3 is 29.2 Å². The molecule has 7 rings (SSSR count). The molecule has 0 spiro atoms. The fraction of sp³-hybridized carbons (Fsp3) is 0.303. The van der Waals surface area contributed by atoms with E-state index in [0.29, 0.717) is 79.7 Å². The summed E-state index contributed by atoms with van der Waals surface area (Å²) in [5.41, 5.74) is 4.33. The Morgan fingerprint density at radius 1 is 1.00 bits per heavy atom. The average molecular weight is 583 g/mol. The SMILES string of the molecule is COc1ccc2cc1OCCCNC(=O)CCc1cccc(c1)Oc1cc3c(cc1OC)C2N(C(=O)c1cn[nH]c1)CC3. The minimum Gasteiger partial charge on any atom is -0.493 e. The first-order valence-electron chi connectivity index (χ1n) is 14.4. The number of rotatable bonds is 3. The number of carbonyl (C=O) groups is 2. The van der Waals surface area contributed by atoms with E-state index in [1.807, 2.05) is 59.5 Å². The predicted molar refractivity (Wildman–Crippen MR) is 159 cm³/mol. The smallest absolute Gasteiger partial charge is 0.257 e. The van der Waals surface area contributed by atoms with Gasteiger partial charge in [-0.1, -0.05) is 18.2 Å². The molecule has 4 aromatic rings. The maximum atomic E-state index is 13.8. The molecule has 4 heterocycles. The number of hydrogen-bond acceptors (Lipinski definition) is 7. The second kappa shape index (κ2) is 12.5. The van der Waals surface area contributed by atoms with Crippen molar-refractivity contribution in [3.05, 3.63) is 94.8 Å². The lowest BCUT2D eigenvalue weighted by Crippen LogP contribution is -2.40. The minimum absolute atomic E-state index is 0.0189. The van der Waals surface area contributed by atoms with Crippen LogP contribution in [0.5, 0.6) is 28.7 Å². The number of carbonyl (C=O) groups excluding carboxylic acids is 2. The summed E-state index contributed by atoms with van der Waals surface area (Å²) in [5, 5.41) is 9.71. The summed E-state index contributed by atoms with van der Waals surface area (Å²) in [7, 11) is 3.20. The van der Waals surface area contributed by atoms with Crippen molar-refractivity contribution in [2.45, 2.75) is 31.7 Å². The number of hydrogen-bond donors (Lipinski definition) is 2. The number of benzene rings is 3. The van der Waals surface area contributed by atoms with Gasteiger partial charge in [-0.05, 0) is 77.9 Å². The van der Waals surface area contributed by atoms with Gasteiger partial charge in [0.25, 0.3) is 5.91 Å². The van der Waals surface area contributed by atoms with Crippen LogP contribution in [0.1, 0.15) is 51.5 Å². The molecule has 0 fully saturated rings. The lowest BCUT2D eigenvalue weighted by atomic mass is 9.87. The van der Waals surface area contributed by atoms with Crippen LogP contribution in [0.3, 0.4) is 0 Å². The van der Waals surface area contributed by atoms with Crippen molar-refractivity contribution in [3.8, 4) is 28.7 Å². The van der Waals surface area contributed by atoms with Gasteiger partial charge in [0.05, 0.1) is 38.6 Å². The van der Waals surface area contributed by atoms with Gasteiger partial charge in [0.15, 0.2) is 23.0 Å². The van der Waals surface area contributed by atoms with Gasteiger partial charge in [0, 0.05) is 25.7 Å². The molecule has 43 heavy (non-hydrogen) atoms. The number of nitrogens with zero attached hydrogens (tertiary/aromatic N) is 2. The Kier molecular flexibility index (Phi) is 8.17. The lowest BCUT2D eigenvalue weighted by Gasteiger charge is -2.38. The van der Waals surface area contributed by atoms with E-state index in [0.717, 1.165) is 22.3 Å². The topological polar surface area (TPSA) is 115 Å². The number of H-pyrrole nitrogens is 1. The highest BCUT2D eigenvalue weighted by Gasteiger charge is 2.35. The molecule has 3 aliphatic rings. The highest BCUT2D eigenvalue weighted by Crippen LogP contribution is 2.44. The average Bonchev–Trinajstić information content (AvgIpc) is 3.57. The number of aryl methyl sites for hydroxylation is 1. The van der Waals surface area contributed by atoms with Crippen molar-refractivity contribution in [2.75, 3.05) is 33.9 Å². The Morgan fingerprint density at radius 3 is 2.70 bits per heavy atom. The molecule has 0 saturated carbocycles. The minimum atomic E-state index is -0.435. The van der Waals surface area contributed by atoms with E-state index in [2.05, 4.69) is 15.5 Å². The summed E-state index contributed by atoms with van der Waals surface area (Å²) in [6, 6.07) is 17.0. The Hall–Kier alpha value is -4.99. The molecule has 1 unspecified atom stereocenters. The van der Waals surface area contributed by atoms with Crippen LogP contribution >= 0.6 is 0 Å². The maximum Gasteiger partial charge on any atom is 0.257 e. The first-order valence-corrected chi connectivity index (χ1v) is 14.4. The highest BCUT2D eigenvalue weighted by atomic mass is 16.5. The van der Waals surface area contributed by atoms with Gasteiger partial charge in [0.1, 0.15) is 5.75 Å². The van der Waals surface area contributed by atoms with Gasteiger partial charge in [0.2, 0.25) is 5.91 Å². The van der Waals surface area contributed by atoms with Gasteiger partial charge in [-0.25, -0.2) is 0 Å². The van der Waals surface area contributed by atoms with E-state index in [1.54, 1.807) is 20.4 Å². The summed E-state index contributed by atoms with van der Waals surface area (Å²) in [4.78, 5) is 28.1. The summed E-state index contributed by atoms with van der Waals surface area (Å²) < 4.78 is 23.9. The summed E-state index contributed by atoms with van der Waals surface area (Å²) in [6.07, 6.45) is 5.36.